The number of fused-ring (bicyclic) bond motifs is 1. The van der Waals surface area contributed by atoms with Crippen molar-refractivity contribution in [2.24, 2.45) is 5.10 Å². The first-order chi connectivity index (χ1) is 17.4. The predicted octanol–water partition coefficient (Wildman–Crippen LogP) is 6.06. The molecule has 3 aromatic carbocycles. The van der Waals surface area contributed by atoms with Crippen molar-refractivity contribution >= 4 is 33.0 Å². The first-order valence-electron chi connectivity index (χ1n) is 11.4. The van der Waals surface area contributed by atoms with Crippen molar-refractivity contribution in [1.82, 2.24) is 9.66 Å². The lowest BCUT2D eigenvalue weighted by atomic mass is 10.1. The van der Waals surface area contributed by atoms with Gasteiger partial charge in [0.25, 0.3) is 5.56 Å². The molecule has 36 heavy (non-hydrogen) atoms. The van der Waals surface area contributed by atoms with Crippen LogP contribution in [0.3, 0.4) is 0 Å². The Hall–Kier alpha value is -3.78. The zero-order valence-corrected chi connectivity index (χ0v) is 21.6. The molecule has 4 aromatic rings. The Bertz CT molecular complexity index is 1510. The van der Waals surface area contributed by atoms with Crippen molar-refractivity contribution in [1.29, 1.82) is 0 Å². The van der Waals surface area contributed by atoms with Crippen LogP contribution in [0.15, 0.2) is 81.6 Å². The second kappa shape index (κ2) is 11.3. The van der Waals surface area contributed by atoms with Crippen LogP contribution in [0.2, 0.25) is 0 Å². The highest BCUT2D eigenvalue weighted by Crippen LogP contribution is 2.34. The molecule has 0 N–H and O–H groups in total. The summed E-state index contributed by atoms with van der Waals surface area (Å²) in [7, 11) is 1.54. The van der Waals surface area contributed by atoms with Crippen LogP contribution < -0.4 is 15.0 Å². The molecule has 184 valence electrons. The molecule has 6 nitrogen and oxygen atoms in total. The lowest BCUT2D eigenvalue weighted by molar-refractivity contribution is 0.277. The lowest BCUT2D eigenvalue weighted by Crippen LogP contribution is -2.22. The molecule has 1 aromatic heterocycles. The first kappa shape index (κ1) is 25.3. The van der Waals surface area contributed by atoms with Gasteiger partial charge in [-0.1, -0.05) is 47.1 Å². The van der Waals surface area contributed by atoms with E-state index >= 15 is 0 Å². The fraction of sp³-hybridized carbons (Fsp3) is 0.179. The van der Waals surface area contributed by atoms with Gasteiger partial charge in [0.15, 0.2) is 11.5 Å². The molecule has 0 aliphatic heterocycles. The third-order valence-corrected chi connectivity index (χ3v) is 6.08. The second-order valence-corrected chi connectivity index (χ2v) is 8.90. The molecule has 0 aliphatic rings. The van der Waals surface area contributed by atoms with E-state index in [4.69, 9.17) is 9.47 Å². The Labute approximate surface area is 216 Å². The maximum atomic E-state index is 14.1. The summed E-state index contributed by atoms with van der Waals surface area (Å²) in [6, 6.07) is 15.5. The molecule has 0 bridgehead atoms. The lowest BCUT2D eigenvalue weighted by Gasteiger charge is -2.16. The Morgan fingerprint density at radius 2 is 1.97 bits per heavy atom. The molecular formula is C28H25BrFN3O3. The average molecular weight is 550 g/mol. The standard InChI is InChI=1S/C28H25BrFN3O3/c1-4-8-19-13-18(14-25(35-3)27(19)36-17-20-9-6-7-10-23(20)30)16-31-33-26(5-2)32-24-12-11-21(29)15-22(24)28(33)34/h4,6-7,9-16H,1,5,8,17H2,2-3H3. The number of nitrogens with zero attached hydrogens (tertiary/aromatic N) is 3. The van der Waals surface area contributed by atoms with Gasteiger partial charge in [-0.25, -0.2) is 9.37 Å². The van der Waals surface area contributed by atoms with Gasteiger partial charge in [-0.05, 0) is 48.4 Å². The monoisotopic (exact) mass is 549 g/mol. The number of hydrogen-bond acceptors (Lipinski definition) is 5. The van der Waals surface area contributed by atoms with Crippen LogP contribution in [-0.4, -0.2) is 23.0 Å². The summed E-state index contributed by atoms with van der Waals surface area (Å²) in [5.41, 5.74) is 2.31. The number of benzene rings is 3. The highest BCUT2D eigenvalue weighted by atomic mass is 79.9. The van der Waals surface area contributed by atoms with Crippen molar-refractivity contribution in [2.75, 3.05) is 7.11 Å². The van der Waals surface area contributed by atoms with E-state index in [0.29, 0.717) is 52.2 Å². The maximum Gasteiger partial charge on any atom is 0.282 e. The molecule has 0 fully saturated rings. The zero-order chi connectivity index (χ0) is 25.7. The third-order valence-electron chi connectivity index (χ3n) is 5.58. The van der Waals surface area contributed by atoms with E-state index in [0.717, 1.165) is 10.0 Å². The van der Waals surface area contributed by atoms with Gasteiger partial charge >= 0.3 is 0 Å². The Balaban J connectivity index is 1.72. The van der Waals surface area contributed by atoms with E-state index in [1.165, 1.54) is 17.9 Å². The van der Waals surface area contributed by atoms with Gasteiger partial charge in [-0.15, -0.1) is 6.58 Å². The Morgan fingerprint density at radius 1 is 1.17 bits per heavy atom. The maximum absolute atomic E-state index is 14.1. The third kappa shape index (κ3) is 5.39. The highest BCUT2D eigenvalue weighted by molar-refractivity contribution is 9.10. The molecule has 0 aliphatic carbocycles. The number of ether oxygens (including phenoxy) is 2. The molecule has 0 saturated carbocycles. The van der Waals surface area contributed by atoms with Gasteiger partial charge in [0.05, 0.1) is 24.2 Å². The molecule has 0 saturated heterocycles. The summed E-state index contributed by atoms with van der Waals surface area (Å²) in [5, 5.41) is 4.94. The topological polar surface area (TPSA) is 65.7 Å². The van der Waals surface area contributed by atoms with Crippen LogP contribution >= 0.6 is 15.9 Å². The zero-order valence-electron chi connectivity index (χ0n) is 20.0. The van der Waals surface area contributed by atoms with E-state index in [9.17, 15) is 9.18 Å². The van der Waals surface area contributed by atoms with Crippen LogP contribution in [0.4, 0.5) is 4.39 Å². The molecule has 1 heterocycles. The van der Waals surface area contributed by atoms with Gasteiger partial charge < -0.3 is 9.47 Å². The minimum absolute atomic E-state index is 0.0498. The van der Waals surface area contributed by atoms with Gasteiger partial charge in [0.2, 0.25) is 0 Å². The minimum Gasteiger partial charge on any atom is -0.493 e. The number of rotatable bonds is 9. The number of halogens is 2. The molecule has 0 atom stereocenters. The van der Waals surface area contributed by atoms with Crippen LogP contribution in [0.25, 0.3) is 10.9 Å². The van der Waals surface area contributed by atoms with E-state index in [1.54, 1.807) is 48.7 Å². The van der Waals surface area contributed by atoms with Crippen LogP contribution in [0, 0.1) is 5.82 Å². The number of hydrogen-bond donors (Lipinski definition) is 0. The minimum atomic E-state index is -0.335. The Kier molecular flexibility index (Phi) is 7.95. The number of aromatic nitrogens is 2. The normalized spacial score (nSPS) is 11.2. The molecule has 0 amide bonds. The number of aryl methyl sites for hydroxylation is 1. The van der Waals surface area contributed by atoms with Crippen molar-refractivity contribution < 1.29 is 13.9 Å². The number of allylic oxidation sites excluding steroid dienone is 1. The van der Waals surface area contributed by atoms with Gasteiger partial charge in [0.1, 0.15) is 18.2 Å². The summed E-state index contributed by atoms with van der Waals surface area (Å²) < 4.78 is 27.8. The SMILES string of the molecule is C=CCc1cc(C=Nn2c(CC)nc3ccc(Br)cc3c2=O)cc(OC)c1OCc1ccccc1F. The average Bonchev–Trinajstić information content (AvgIpc) is 2.88. The summed E-state index contributed by atoms with van der Waals surface area (Å²) in [6.07, 6.45) is 4.36. The molecule has 0 radical (unpaired) electrons. The van der Waals surface area contributed by atoms with Gasteiger partial charge in [0, 0.05) is 22.0 Å². The number of methoxy groups -OCH3 is 1. The van der Waals surface area contributed by atoms with Crippen LogP contribution in [-0.2, 0) is 19.4 Å². The van der Waals surface area contributed by atoms with Gasteiger partial charge in [-0.2, -0.15) is 9.78 Å². The van der Waals surface area contributed by atoms with Crippen molar-refractivity contribution in [3.05, 3.63) is 110 Å². The molecule has 0 unspecified atom stereocenters. The summed E-state index contributed by atoms with van der Waals surface area (Å²) in [4.78, 5) is 17.8. The molecule has 0 spiro atoms. The van der Waals surface area contributed by atoms with E-state index < -0.39 is 0 Å². The van der Waals surface area contributed by atoms with E-state index in [2.05, 4.69) is 32.6 Å². The predicted molar refractivity (Wildman–Crippen MR) is 144 cm³/mol. The largest absolute Gasteiger partial charge is 0.493 e. The van der Waals surface area contributed by atoms with Crippen molar-refractivity contribution in [3.8, 4) is 11.5 Å². The fourth-order valence-corrected chi connectivity index (χ4v) is 4.17. The second-order valence-electron chi connectivity index (χ2n) is 7.99. The Morgan fingerprint density at radius 3 is 2.69 bits per heavy atom. The fourth-order valence-electron chi connectivity index (χ4n) is 3.81. The summed E-state index contributed by atoms with van der Waals surface area (Å²) >= 11 is 3.41. The first-order valence-corrected chi connectivity index (χ1v) is 12.2. The van der Waals surface area contributed by atoms with Crippen LogP contribution in [0.5, 0.6) is 11.5 Å². The van der Waals surface area contributed by atoms with Crippen LogP contribution in [0.1, 0.15) is 29.4 Å². The van der Waals surface area contributed by atoms with E-state index in [1.807, 2.05) is 19.1 Å². The quantitative estimate of drug-likeness (QED) is 0.188. The molecule has 8 heteroatoms. The summed E-state index contributed by atoms with van der Waals surface area (Å²) in [5.74, 6) is 1.19. The van der Waals surface area contributed by atoms with Crippen molar-refractivity contribution in [2.45, 2.75) is 26.4 Å². The van der Waals surface area contributed by atoms with Crippen molar-refractivity contribution in [3.63, 3.8) is 0 Å². The van der Waals surface area contributed by atoms with Gasteiger partial charge in [-0.3, -0.25) is 4.79 Å². The molecular weight excluding hydrogens is 525 g/mol. The smallest absolute Gasteiger partial charge is 0.282 e. The van der Waals surface area contributed by atoms with E-state index in [-0.39, 0.29) is 18.0 Å². The molecule has 4 rings (SSSR count). The highest BCUT2D eigenvalue weighted by Gasteiger charge is 2.14. The summed E-state index contributed by atoms with van der Waals surface area (Å²) in [6.45, 7) is 5.80.